The number of hydrogen-bond acceptors (Lipinski definition) is 3. The van der Waals surface area contributed by atoms with E-state index in [1.165, 1.54) is 6.07 Å². The lowest BCUT2D eigenvalue weighted by Gasteiger charge is -2.25. The molecule has 5 heteroatoms. The van der Waals surface area contributed by atoms with Gasteiger partial charge in [-0.15, -0.1) is 0 Å². The summed E-state index contributed by atoms with van der Waals surface area (Å²) in [5.74, 6) is -1.86. The first kappa shape index (κ1) is 11.7. The molecule has 3 nitrogen and oxygen atoms in total. The predicted octanol–water partition coefficient (Wildman–Crippen LogP) is 2.81. The second-order valence-electron chi connectivity index (χ2n) is 3.96. The largest absolute Gasteiger partial charge is 0.504 e. The first-order valence-electron chi connectivity index (χ1n) is 5.24. The minimum absolute atomic E-state index is 0.102. The third kappa shape index (κ3) is 2.01. The van der Waals surface area contributed by atoms with Crippen LogP contribution in [0.15, 0.2) is 10.5 Å². The summed E-state index contributed by atoms with van der Waals surface area (Å²) in [7, 11) is 0. The van der Waals surface area contributed by atoms with E-state index in [1.807, 2.05) is 0 Å². The van der Waals surface area contributed by atoms with Crippen LogP contribution in [0, 0.1) is 5.82 Å². The lowest BCUT2D eigenvalue weighted by atomic mass is 9.96. The molecule has 0 radical (unpaired) electrons. The van der Waals surface area contributed by atoms with E-state index in [0.29, 0.717) is 10.0 Å². The van der Waals surface area contributed by atoms with Crippen molar-refractivity contribution < 1.29 is 14.6 Å². The molecule has 1 fully saturated rings. The minimum atomic E-state index is -0.744. The fraction of sp³-hybridized carbons (Fsp3) is 0.455. The molecule has 1 aromatic carbocycles. The normalized spacial score (nSPS) is 21.0. The Morgan fingerprint density at radius 2 is 2.12 bits per heavy atom. The molecule has 2 rings (SSSR count). The van der Waals surface area contributed by atoms with E-state index in [2.05, 4.69) is 21.2 Å². The SMILES string of the molecule is Oc1cc(Br)c(C2CCCCN2)c(F)c1O. The number of phenolic OH excluding ortho intramolecular Hbond substituents is 2. The molecule has 0 aromatic heterocycles. The van der Waals surface area contributed by atoms with Crippen LogP contribution in [0.2, 0.25) is 0 Å². The van der Waals surface area contributed by atoms with Crippen LogP contribution in [0.4, 0.5) is 4.39 Å². The monoisotopic (exact) mass is 289 g/mol. The topological polar surface area (TPSA) is 52.5 Å². The molecular formula is C11H13BrFNO2. The van der Waals surface area contributed by atoms with Gasteiger partial charge in [-0.1, -0.05) is 22.4 Å². The summed E-state index contributed by atoms with van der Waals surface area (Å²) in [6.07, 6.45) is 2.95. The van der Waals surface area contributed by atoms with Gasteiger partial charge in [-0.2, -0.15) is 0 Å². The maximum atomic E-state index is 13.8. The van der Waals surface area contributed by atoms with E-state index < -0.39 is 17.3 Å². The van der Waals surface area contributed by atoms with Gasteiger partial charge < -0.3 is 15.5 Å². The molecule has 3 N–H and O–H groups in total. The second kappa shape index (κ2) is 4.59. The van der Waals surface area contributed by atoms with Crippen LogP contribution in [0.3, 0.4) is 0 Å². The van der Waals surface area contributed by atoms with E-state index >= 15 is 0 Å². The van der Waals surface area contributed by atoms with Crippen LogP contribution in [0.5, 0.6) is 11.5 Å². The Labute approximate surface area is 101 Å². The molecule has 1 aromatic rings. The molecule has 1 saturated heterocycles. The van der Waals surface area contributed by atoms with E-state index in [4.69, 9.17) is 0 Å². The first-order chi connectivity index (χ1) is 7.61. The van der Waals surface area contributed by atoms with Gasteiger partial charge in [0.15, 0.2) is 17.3 Å². The number of piperidine rings is 1. The van der Waals surface area contributed by atoms with E-state index in [1.54, 1.807) is 0 Å². The van der Waals surface area contributed by atoms with Gasteiger partial charge in [0.05, 0.1) is 0 Å². The average Bonchev–Trinajstić information content (AvgIpc) is 2.28. The quantitative estimate of drug-likeness (QED) is 0.697. The molecule has 0 saturated carbocycles. The van der Waals surface area contributed by atoms with Gasteiger partial charge >= 0.3 is 0 Å². The molecule has 16 heavy (non-hydrogen) atoms. The first-order valence-corrected chi connectivity index (χ1v) is 6.03. The number of hydrogen-bond donors (Lipinski definition) is 3. The van der Waals surface area contributed by atoms with E-state index in [9.17, 15) is 14.6 Å². The second-order valence-corrected chi connectivity index (χ2v) is 4.81. The van der Waals surface area contributed by atoms with Crippen molar-refractivity contribution in [1.82, 2.24) is 5.32 Å². The highest BCUT2D eigenvalue weighted by molar-refractivity contribution is 9.10. The fourth-order valence-electron chi connectivity index (χ4n) is 2.03. The molecule has 1 atom stereocenters. The lowest BCUT2D eigenvalue weighted by molar-refractivity contribution is 0.359. The van der Waals surface area contributed by atoms with Gasteiger partial charge in [0.2, 0.25) is 0 Å². The third-order valence-electron chi connectivity index (χ3n) is 2.87. The van der Waals surface area contributed by atoms with Crippen LogP contribution in [-0.4, -0.2) is 16.8 Å². The van der Waals surface area contributed by atoms with Gasteiger partial charge in [0.25, 0.3) is 0 Å². The maximum Gasteiger partial charge on any atom is 0.194 e. The van der Waals surface area contributed by atoms with Crippen molar-refractivity contribution in [2.24, 2.45) is 0 Å². The van der Waals surface area contributed by atoms with Gasteiger partial charge in [-0.25, -0.2) is 4.39 Å². The van der Waals surface area contributed by atoms with Gasteiger partial charge in [0.1, 0.15) is 0 Å². The van der Waals surface area contributed by atoms with Crippen molar-refractivity contribution >= 4 is 15.9 Å². The van der Waals surface area contributed by atoms with Gasteiger partial charge in [0, 0.05) is 16.1 Å². The van der Waals surface area contributed by atoms with Crippen molar-refractivity contribution in [3.63, 3.8) is 0 Å². The van der Waals surface area contributed by atoms with Crippen molar-refractivity contribution in [3.05, 3.63) is 21.9 Å². The highest BCUT2D eigenvalue weighted by Gasteiger charge is 2.24. The molecule has 0 bridgehead atoms. The molecular weight excluding hydrogens is 277 g/mol. The summed E-state index contributed by atoms with van der Waals surface area (Å²) in [6, 6.07) is 1.22. The summed E-state index contributed by atoms with van der Waals surface area (Å²) in [5.41, 5.74) is 0.398. The zero-order chi connectivity index (χ0) is 11.7. The highest BCUT2D eigenvalue weighted by atomic mass is 79.9. The Kier molecular flexibility index (Phi) is 3.35. The molecule has 1 aliphatic rings. The van der Waals surface area contributed by atoms with Crippen LogP contribution in [-0.2, 0) is 0 Å². The standard InChI is InChI=1S/C11H13BrFNO2/c12-6-5-8(15)11(16)10(13)9(6)7-3-1-2-4-14-7/h5,7,14-16H,1-4H2. The van der Waals surface area contributed by atoms with Crippen molar-refractivity contribution in [2.45, 2.75) is 25.3 Å². The Morgan fingerprint density at radius 3 is 2.75 bits per heavy atom. The third-order valence-corrected chi connectivity index (χ3v) is 3.52. The molecule has 0 spiro atoms. The Hall–Kier alpha value is -0.810. The number of phenols is 2. The molecule has 88 valence electrons. The fourth-order valence-corrected chi connectivity index (χ4v) is 2.70. The van der Waals surface area contributed by atoms with Crippen molar-refractivity contribution in [3.8, 4) is 11.5 Å². The molecule has 0 aliphatic carbocycles. The molecule has 1 heterocycles. The summed E-state index contributed by atoms with van der Waals surface area (Å²) >= 11 is 3.22. The van der Waals surface area contributed by atoms with E-state index in [0.717, 1.165) is 25.8 Å². The summed E-state index contributed by atoms with van der Waals surface area (Å²) in [6.45, 7) is 0.845. The minimum Gasteiger partial charge on any atom is -0.504 e. The average molecular weight is 290 g/mol. The number of rotatable bonds is 1. The number of aromatic hydroxyl groups is 2. The number of benzene rings is 1. The van der Waals surface area contributed by atoms with Gasteiger partial charge in [-0.3, -0.25) is 0 Å². The van der Waals surface area contributed by atoms with Crippen LogP contribution >= 0.6 is 15.9 Å². The van der Waals surface area contributed by atoms with Crippen molar-refractivity contribution in [1.29, 1.82) is 0 Å². The summed E-state index contributed by atoms with van der Waals surface area (Å²) in [5, 5.41) is 21.8. The highest BCUT2D eigenvalue weighted by Crippen LogP contribution is 2.40. The van der Waals surface area contributed by atoms with Gasteiger partial charge in [-0.05, 0) is 25.5 Å². The zero-order valence-corrected chi connectivity index (χ0v) is 10.2. The van der Waals surface area contributed by atoms with E-state index in [-0.39, 0.29) is 6.04 Å². The van der Waals surface area contributed by atoms with Crippen LogP contribution in [0.1, 0.15) is 30.9 Å². The molecule has 1 unspecified atom stereocenters. The summed E-state index contributed by atoms with van der Waals surface area (Å²) < 4.78 is 14.3. The van der Waals surface area contributed by atoms with Crippen molar-refractivity contribution in [2.75, 3.05) is 6.54 Å². The maximum absolute atomic E-state index is 13.8. The zero-order valence-electron chi connectivity index (χ0n) is 8.63. The Morgan fingerprint density at radius 1 is 1.38 bits per heavy atom. The lowest BCUT2D eigenvalue weighted by Crippen LogP contribution is -2.27. The Balaban J connectivity index is 2.42. The number of halogens is 2. The van der Waals surface area contributed by atoms with Crippen LogP contribution < -0.4 is 5.32 Å². The smallest absolute Gasteiger partial charge is 0.194 e. The van der Waals surface area contributed by atoms with Crippen LogP contribution in [0.25, 0.3) is 0 Å². The number of nitrogens with one attached hydrogen (secondary N) is 1. The molecule has 0 amide bonds. The summed E-state index contributed by atoms with van der Waals surface area (Å²) in [4.78, 5) is 0. The Bertz CT molecular complexity index is 405. The predicted molar refractivity (Wildman–Crippen MR) is 62.0 cm³/mol. The molecule has 1 aliphatic heterocycles.